The van der Waals surface area contributed by atoms with Crippen LogP contribution in [0.15, 0.2) is 53.0 Å². The highest BCUT2D eigenvalue weighted by Crippen LogP contribution is 2.64. The van der Waals surface area contributed by atoms with E-state index in [0.717, 1.165) is 69.1 Å². The van der Waals surface area contributed by atoms with Gasteiger partial charge in [-0.15, -0.1) is 0 Å². The summed E-state index contributed by atoms with van der Waals surface area (Å²) >= 11 is 0. The van der Waals surface area contributed by atoms with Crippen molar-refractivity contribution in [3.05, 3.63) is 53.6 Å². The summed E-state index contributed by atoms with van der Waals surface area (Å²) in [5.41, 5.74) is 3.57. The summed E-state index contributed by atoms with van der Waals surface area (Å²) in [5, 5.41) is -0.564. The maximum atomic E-state index is 14.5. The number of hydrogen-bond donors (Lipinski definition) is 0. The standard InChI is InChI=1S/C42H66O4S/c1-30-19-21-33(22-20-30)47(43,44)35(29-34-31(2)16-13-24-39(34,4)5)32(3)15-12-17-37-41(8)26-14-25-40(6,7)36(41)23-27-42(37,9)46-38-18-10-11-28-45-38/h15,19-22,34-38H,2,10-14,16-18,23-29H2,1,3-9H3/b32-15+/t34-,35?,36?,37-,38?,41+,42-/m1/s1. The molecule has 1 saturated heterocycles. The van der Waals surface area contributed by atoms with E-state index >= 15 is 0 Å². The van der Waals surface area contributed by atoms with Crippen LogP contribution < -0.4 is 0 Å². The molecule has 5 rings (SSSR count). The molecule has 1 aromatic rings. The Bertz CT molecular complexity index is 1380. The minimum absolute atomic E-state index is 0.0382. The van der Waals surface area contributed by atoms with E-state index < -0.39 is 15.1 Å². The molecule has 3 saturated carbocycles. The van der Waals surface area contributed by atoms with Crippen LogP contribution >= 0.6 is 0 Å². The van der Waals surface area contributed by atoms with Crippen LogP contribution in [-0.4, -0.2) is 32.2 Å². The first-order valence-corrected chi connectivity index (χ1v) is 20.5. The first kappa shape index (κ1) is 36.8. The number of rotatable bonds is 10. The smallest absolute Gasteiger partial charge is 0.185 e. The minimum atomic E-state index is -3.58. The predicted octanol–water partition coefficient (Wildman–Crippen LogP) is 11.2. The van der Waals surface area contributed by atoms with E-state index in [0.29, 0.717) is 28.6 Å². The molecule has 1 aliphatic heterocycles. The molecule has 264 valence electrons. The van der Waals surface area contributed by atoms with Gasteiger partial charge in [0.2, 0.25) is 0 Å². The zero-order valence-corrected chi connectivity index (χ0v) is 31.9. The van der Waals surface area contributed by atoms with Gasteiger partial charge in [-0.05, 0) is 150 Å². The van der Waals surface area contributed by atoms with Gasteiger partial charge < -0.3 is 9.47 Å². The lowest BCUT2D eigenvalue weighted by molar-refractivity contribution is -0.272. The second kappa shape index (κ2) is 14.1. The number of ether oxygens (including phenoxy) is 2. The number of aryl methyl sites for hydroxylation is 1. The van der Waals surface area contributed by atoms with Crippen LogP contribution in [0.3, 0.4) is 0 Å². The Balaban J connectivity index is 1.45. The van der Waals surface area contributed by atoms with Crippen molar-refractivity contribution in [2.45, 2.75) is 167 Å². The normalized spacial score (nSPS) is 35.2. The van der Waals surface area contributed by atoms with Crippen molar-refractivity contribution in [2.75, 3.05) is 6.61 Å². The van der Waals surface area contributed by atoms with E-state index in [1.807, 2.05) is 19.1 Å². The number of fused-ring (bicyclic) bond motifs is 1. The average molecular weight is 667 g/mol. The zero-order chi connectivity index (χ0) is 34.3. The summed E-state index contributed by atoms with van der Waals surface area (Å²) in [6.07, 6.45) is 17.2. The van der Waals surface area contributed by atoms with E-state index in [2.05, 4.69) is 61.1 Å². The van der Waals surface area contributed by atoms with E-state index in [1.54, 1.807) is 12.1 Å². The Labute approximate surface area is 288 Å². The fourth-order valence-electron chi connectivity index (χ4n) is 10.9. The second-order valence-electron chi connectivity index (χ2n) is 17.9. The van der Waals surface area contributed by atoms with Crippen molar-refractivity contribution >= 4 is 9.84 Å². The fraction of sp³-hybridized carbons (Fsp3) is 0.762. The third kappa shape index (κ3) is 7.68. The topological polar surface area (TPSA) is 52.6 Å². The number of sulfone groups is 1. The van der Waals surface area contributed by atoms with Gasteiger partial charge in [0, 0.05) is 6.61 Å². The molecule has 0 amide bonds. The first-order valence-electron chi connectivity index (χ1n) is 18.9. The lowest BCUT2D eigenvalue weighted by atomic mass is 9.45. The SMILES string of the molecule is C=C1CCCC(C)(C)[C@@H]1CC(/C(C)=C/CC[C@H]1[C@](C)(OC2CCCCO2)CCC2C(C)(C)CCC[C@@]21C)S(=O)(=O)c1ccc(C)cc1. The molecule has 0 radical (unpaired) electrons. The molecule has 47 heavy (non-hydrogen) atoms. The van der Waals surface area contributed by atoms with E-state index in [-0.39, 0.29) is 28.6 Å². The summed E-state index contributed by atoms with van der Waals surface area (Å²) in [6.45, 7) is 23.9. The van der Waals surface area contributed by atoms with Gasteiger partial charge in [-0.1, -0.05) is 82.5 Å². The van der Waals surface area contributed by atoms with Crippen molar-refractivity contribution in [3.63, 3.8) is 0 Å². The van der Waals surface area contributed by atoms with E-state index in [9.17, 15) is 8.42 Å². The minimum Gasteiger partial charge on any atom is -0.353 e. The van der Waals surface area contributed by atoms with Crippen molar-refractivity contribution in [1.82, 2.24) is 0 Å². The summed E-state index contributed by atoms with van der Waals surface area (Å²) in [4.78, 5) is 0.431. The maximum Gasteiger partial charge on any atom is 0.185 e. The molecule has 4 fully saturated rings. The summed E-state index contributed by atoms with van der Waals surface area (Å²) in [6, 6.07) is 7.45. The van der Waals surface area contributed by atoms with Crippen molar-refractivity contribution < 1.29 is 17.9 Å². The van der Waals surface area contributed by atoms with Crippen molar-refractivity contribution in [1.29, 1.82) is 0 Å². The van der Waals surface area contributed by atoms with Gasteiger partial charge in [0.15, 0.2) is 16.1 Å². The molecular formula is C42H66O4S. The molecule has 0 spiro atoms. The molecule has 4 aliphatic rings. The Hall–Kier alpha value is -1.43. The van der Waals surface area contributed by atoms with Crippen LogP contribution in [0, 0.1) is 40.9 Å². The van der Waals surface area contributed by atoms with Crippen molar-refractivity contribution in [2.24, 2.45) is 34.0 Å². The number of hydrogen-bond acceptors (Lipinski definition) is 4. The average Bonchev–Trinajstić information content (AvgIpc) is 2.98. The number of allylic oxidation sites excluding steroid dienone is 2. The Morgan fingerprint density at radius 2 is 1.66 bits per heavy atom. The van der Waals surface area contributed by atoms with Gasteiger partial charge in [0.05, 0.1) is 15.7 Å². The molecule has 0 aromatic heterocycles. The molecule has 7 atom stereocenters. The molecular weight excluding hydrogens is 601 g/mol. The molecule has 0 bridgehead atoms. The highest BCUT2D eigenvalue weighted by Gasteiger charge is 2.59. The van der Waals surface area contributed by atoms with Gasteiger partial charge in [-0.25, -0.2) is 8.42 Å². The lowest BCUT2D eigenvalue weighted by Gasteiger charge is -2.62. The summed E-state index contributed by atoms with van der Waals surface area (Å²) < 4.78 is 42.1. The predicted molar refractivity (Wildman–Crippen MR) is 195 cm³/mol. The Morgan fingerprint density at radius 3 is 2.32 bits per heavy atom. The highest BCUT2D eigenvalue weighted by atomic mass is 32.2. The van der Waals surface area contributed by atoms with Crippen LogP contribution in [0.2, 0.25) is 0 Å². The van der Waals surface area contributed by atoms with E-state index in [1.165, 1.54) is 37.7 Å². The van der Waals surface area contributed by atoms with Crippen LogP contribution in [0.4, 0.5) is 0 Å². The molecule has 0 N–H and O–H groups in total. The van der Waals surface area contributed by atoms with E-state index in [4.69, 9.17) is 9.47 Å². The summed E-state index contributed by atoms with van der Waals surface area (Å²) in [5.74, 6) is 1.23. The molecule has 5 heteroatoms. The largest absolute Gasteiger partial charge is 0.353 e. The van der Waals surface area contributed by atoms with Gasteiger partial charge >= 0.3 is 0 Å². The van der Waals surface area contributed by atoms with Crippen molar-refractivity contribution in [3.8, 4) is 0 Å². The molecule has 1 aromatic carbocycles. The fourth-order valence-corrected chi connectivity index (χ4v) is 12.8. The zero-order valence-electron chi connectivity index (χ0n) is 31.1. The quantitative estimate of drug-likeness (QED) is 0.184. The third-order valence-electron chi connectivity index (χ3n) is 13.6. The van der Waals surface area contributed by atoms with Crippen LogP contribution in [0.1, 0.15) is 144 Å². The molecule has 3 unspecified atom stereocenters. The molecule has 1 heterocycles. The highest BCUT2D eigenvalue weighted by molar-refractivity contribution is 7.92. The Kier molecular flexibility index (Phi) is 11.0. The number of benzene rings is 1. The van der Waals surface area contributed by atoms with Crippen LogP contribution in [-0.2, 0) is 19.3 Å². The van der Waals surface area contributed by atoms with Crippen LogP contribution in [0.5, 0.6) is 0 Å². The first-order chi connectivity index (χ1) is 22.0. The van der Waals surface area contributed by atoms with Gasteiger partial charge in [0.1, 0.15) is 0 Å². The monoisotopic (exact) mass is 666 g/mol. The van der Waals surface area contributed by atoms with Gasteiger partial charge in [0.25, 0.3) is 0 Å². The van der Waals surface area contributed by atoms with Crippen LogP contribution in [0.25, 0.3) is 0 Å². The third-order valence-corrected chi connectivity index (χ3v) is 15.9. The van der Waals surface area contributed by atoms with Gasteiger partial charge in [-0.3, -0.25) is 0 Å². The molecule has 3 aliphatic carbocycles. The lowest BCUT2D eigenvalue weighted by Crippen LogP contribution is -2.59. The Morgan fingerprint density at radius 1 is 0.957 bits per heavy atom. The maximum absolute atomic E-state index is 14.5. The van der Waals surface area contributed by atoms with Gasteiger partial charge in [-0.2, -0.15) is 0 Å². The second-order valence-corrected chi connectivity index (χ2v) is 20.0. The molecule has 4 nitrogen and oxygen atoms in total. The summed E-state index contributed by atoms with van der Waals surface area (Å²) in [7, 11) is -3.58.